The summed E-state index contributed by atoms with van der Waals surface area (Å²) in [6.07, 6.45) is 24.6. The standard InChI is InChI=1S/C47H68NO5/c1-5-7-9-11-13-15-17-19-21-37-51-42-29-23-39(24-30-42)45(49)53-44-33-27-41(28-34-44)47(4)36-35-46(3,48(47)50)40-25-31-43(32-26-40)52-38-22-20-18-16-14-12-10-8-6-2/h23-34H,5-22,35-38H2,1-4H3. The number of unbranched alkanes of at least 4 members (excludes halogenated alkanes) is 16. The van der Waals surface area contributed by atoms with Gasteiger partial charge in [-0.05, 0) is 99.2 Å². The molecule has 0 bridgehead atoms. The van der Waals surface area contributed by atoms with Crippen LogP contribution in [0.2, 0.25) is 0 Å². The molecule has 1 heterocycles. The van der Waals surface area contributed by atoms with E-state index in [2.05, 4.69) is 13.8 Å². The second kappa shape index (κ2) is 22.8. The van der Waals surface area contributed by atoms with Gasteiger partial charge in [0.1, 0.15) is 17.2 Å². The second-order valence-electron chi connectivity index (χ2n) is 15.7. The molecule has 1 saturated heterocycles. The number of rotatable bonds is 26. The molecule has 1 fully saturated rings. The lowest BCUT2D eigenvalue weighted by Crippen LogP contribution is -2.44. The number of nitrogens with zero attached hydrogens (tertiary/aromatic N) is 1. The first-order chi connectivity index (χ1) is 25.8. The quantitative estimate of drug-likeness (QED) is 0.0468. The maximum absolute atomic E-state index is 14.0. The monoisotopic (exact) mass is 727 g/mol. The van der Waals surface area contributed by atoms with Crippen LogP contribution in [0.1, 0.15) is 178 Å². The van der Waals surface area contributed by atoms with Crippen molar-refractivity contribution in [2.75, 3.05) is 13.2 Å². The smallest absolute Gasteiger partial charge is 0.343 e. The summed E-state index contributed by atoms with van der Waals surface area (Å²) in [5.41, 5.74) is 1.02. The first-order valence-corrected chi connectivity index (χ1v) is 21.1. The molecule has 3 aromatic carbocycles. The molecule has 0 saturated carbocycles. The summed E-state index contributed by atoms with van der Waals surface area (Å²) in [5.74, 6) is 1.64. The highest BCUT2D eigenvalue weighted by atomic mass is 16.5. The van der Waals surface area contributed by atoms with Gasteiger partial charge in [0, 0.05) is 0 Å². The molecule has 3 aromatic rings. The van der Waals surface area contributed by atoms with Gasteiger partial charge in [0.05, 0.1) is 29.9 Å². The van der Waals surface area contributed by atoms with E-state index < -0.39 is 17.0 Å². The Labute approximate surface area is 321 Å². The largest absolute Gasteiger partial charge is 0.494 e. The highest BCUT2D eigenvalue weighted by Gasteiger charge is 2.52. The van der Waals surface area contributed by atoms with Gasteiger partial charge in [-0.2, -0.15) is 0 Å². The number of hydrogen-bond acceptors (Lipinski definition) is 5. The Morgan fingerprint density at radius 2 is 0.849 bits per heavy atom. The molecule has 0 N–H and O–H groups in total. The normalized spacial score (nSPS) is 18.7. The van der Waals surface area contributed by atoms with E-state index in [1.54, 1.807) is 24.3 Å². The first kappa shape index (κ1) is 42.4. The molecule has 1 aliphatic rings. The Morgan fingerprint density at radius 3 is 1.25 bits per heavy atom. The molecule has 4 rings (SSSR count). The van der Waals surface area contributed by atoms with Gasteiger partial charge in [-0.15, -0.1) is 10.3 Å². The van der Waals surface area contributed by atoms with Crippen LogP contribution in [-0.2, 0) is 16.3 Å². The number of carbonyl (C=O) groups is 1. The van der Waals surface area contributed by atoms with E-state index in [0.717, 1.165) is 54.9 Å². The minimum Gasteiger partial charge on any atom is -0.494 e. The fraction of sp³-hybridized carbons (Fsp3) is 0.596. The average Bonchev–Trinajstić information content (AvgIpc) is 3.42. The number of benzene rings is 3. The van der Waals surface area contributed by atoms with Crippen molar-refractivity contribution in [3.05, 3.63) is 89.5 Å². The number of hydroxylamine groups is 2. The van der Waals surface area contributed by atoms with E-state index in [4.69, 9.17) is 14.2 Å². The van der Waals surface area contributed by atoms with Gasteiger partial charge in [0.25, 0.3) is 0 Å². The molecule has 6 nitrogen and oxygen atoms in total. The fourth-order valence-corrected chi connectivity index (χ4v) is 7.61. The second-order valence-corrected chi connectivity index (χ2v) is 15.7. The van der Waals surface area contributed by atoms with E-state index in [-0.39, 0.29) is 0 Å². The minimum atomic E-state index is -0.702. The Hall–Kier alpha value is -3.35. The van der Waals surface area contributed by atoms with Crippen molar-refractivity contribution >= 4 is 5.97 Å². The van der Waals surface area contributed by atoms with E-state index in [1.165, 1.54) is 108 Å². The molecule has 0 aliphatic carbocycles. The molecule has 0 spiro atoms. The van der Waals surface area contributed by atoms with E-state index in [1.807, 2.05) is 62.4 Å². The van der Waals surface area contributed by atoms with Crippen molar-refractivity contribution < 1.29 is 24.2 Å². The Bertz CT molecular complexity index is 1440. The molecule has 6 heteroatoms. The van der Waals surface area contributed by atoms with Crippen molar-refractivity contribution in [2.24, 2.45) is 0 Å². The zero-order chi connectivity index (χ0) is 37.8. The van der Waals surface area contributed by atoms with Crippen molar-refractivity contribution in [1.82, 2.24) is 5.06 Å². The lowest BCUT2D eigenvalue weighted by Gasteiger charge is -2.37. The lowest BCUT2D eigenvalue weighted by molar-refractivity contribution is -0.260. The van der Waals surface area contributed by atoms with Gasteiger partial charge in [-0.25, -0.2) is 4.79 Å². The van der Waals surface area contributed by atoms with Gasteiger partial charge in [-0.1, -0.05) is 141 Å². The molecule has 0 aromatic heterocycles. The topological polar surface area (TPSA) is 67.9 Å². The average molecular weight is 727 g/mol. The zero-order valence-corrected chi connectivity index (χ0v) is 33.5. The number of carbonyl (C=O) groups excluding carboxylic acids is 1. The zero-order valence-electron chi connectivity index (χ0n) is 33.5. The predicted octanol–water partition coefficient (Wildman–Crippen LogP) is 13.3. The van der Waals surface area contributed by atoms with Crippen molar-refractivity contribution in [1.29, 1.82) is 0 Å². The Balaban J connectivity index is 1.18. The Morgan fingerprint density at radius 1 is 0.509 bits per heavy atom. The minimum absolute atomic E-state index is 0.422. The third-order valence-electron chi connectivity index (χ3n) is 11.3. The third kappa shape index (κ3) is 13.2. The summed E-state index contributed by atoms with van der Waals surface area (Å²) in [7, 11) is 0. The SMILES string of the molecule is CCCCCCCCCCCOc1ccc(C(=O)Oc2ccc(C3(C)CCC(C)(c4ccc(OCCCCCCCCCCC)cc4)N3[O])cc2)cc1. The van der Waals surface area contributed by atoms with Crippen LogP contribution in [0.25, 0.3) is 0 Å². The highest BCUT2D eigenvalue weighted by molar-refractivity contribution is 5.91. The van der Waals surface area contributed by atoms with Crippen LogP contribution >= 0.6 is 0 Å². The highest BCUT2D eigenvalue weighted by Crippen LogP contribution is 2.51. The number of hydrogen-bond donors (Lipinski definition) is 0. The van der Waals surface area contributed by atoms with Crippen LogP contribution in [0.5, 0.6) is 17.2 Å². The molecule has 291 valence electrons. The number of ether oxygens (including phenoxy) is 3. The molecular weight excluding hydrogens is 659 g/mol. The van der Waals surface area contributed by atoms with Gasteiger partial charge >= 0.3 is 5.97 Å². The summed E-state index contributed by atoms with van der Waals surface area (Å²) in [6.45, 7) is 9.97. The van der Waals surface area contributed by atoms with E-state index >= 15 is 0 Å². The van der Waals surface area contributed by atoms with Crippen LogP contribution in [0.15, 0.2) is 72.8 Å². The summed E-state index contributed by atoms with van der Waals surface area (Å²) < 4.78 is 17.6. The van der Waals surface area contributed by atoms with Crippen LogP contribution in [0.3, 0.4) is 0 Å². The molecule has 1 radical (unpaired) electrons. The van der Waals surface area contributed by atoms with Gasteiger partial charge in [0.15, 0.2) is 0 Å². The molecule has 1 aliphatic heterocycles. The third-order valence-corrected chi connectivity index (χ3v) is 11.3. The van der Waals surface area contributed by atoms with E-state index in [0.29, 0.717) is 17.9 Å². The van der Waals surface area contributed by atoms with Crippen molar-refractivity contribution in [3.8, 4) is 17.2 Å². The molecule has 53 heavy (non-hydrogen) atoms. The van der Waals surface area contributed by atoms with E-state index in [9.17, 15) is 10.0 Å². The summed E-state index contributed by atoms with van der Waals surface area (Å²) in [4.78, 5) is 12.9. The predicted molar refractivity (Wildman–Crippen MR) is 216 cm³/mol. The lowest BCUT2D eigenvalue weighted by atomic mass is 9.89. The van der Waals surface area contributed by atoms with Crippen LogP contribution in [0.4, 0.5) is 0 Å². The van der Waals surface area contributed by atoms with Gasteiger partial charge in [0.2, 0.25) is 0 Å². The van der Waals surface area contributed by atoms with Crippen LogP contribution < -0.4 is 14.2 Å². The molecule has 2 unspecified atom stereocenters. The van der Waals surface area contributed by atoms with Gasteiger partial charge < -0.3 is 14.2 Å². The maximum Gasteiger partial charge on any atom is 0.343 e. The van der Waals surface area contributed by atoms with Crippen molar-refractivity contribution in [3.63, 3.8) is 0 Å². The van der Waals surface area contributed by atoms with Crippen LogP contribution in [0, 0.1) is 0 Å². The number of esters is 1. The Kier molecular flexibility index (Phi) is 18.2. The van der Waals surface area contributed by atoms with Gasteiger partial charge in [-0.3, -0.25) is 0 Å². The van der Waals surface area contributed by atoms with Crippen LogP contribution in [-0.4, -0.2) is 24.2 Å². The summed E-state index contributed by atoms with van der Waals surface area (Å²) in [6, 6.07) is 22.6. The molecule has 0 amide bonds. The fourth-order valence-electron chi connectivity index (χ4n) is 7.61. The molecular formula is C47H68NO5. The maximum atomic E-state index is 14.0. The molecule has 2 atom stereocenters. The van der Waals surface area contributed by atoms with Crippen molar-refractivity contribution in [2.45, 2.75) is 167 Å². The summed E-state index contributed by atoms with van der Waals surface area (Å²) in [5, 5.41) is 15.3. The first-order valence-electron chi connectivity index (χ1n) is 21.1. The summed E-state index contributed by atoms with van der Waals surface area (Å²) >= 11 is 0.